The third-order valence-corrected chi connectivity index (χ3v) is 3.05. The average Bonchev–Trinajstić information content (AvgIpc) is 2.83. The highest BCUT2D eigenvalue weighted by molar-refractivity contribution is 5.23. The first-order chi connectivity index (χ1) is 10.3. The highest BCUT2D eigenvalue weighted by atomic mass is 19.4. The number of aliphatic hydroxyl groups excluding tert-OH is 1. The zero-order chi connectivity index (χ0) is 16.3. The maximum Gasteiger partial charge on any atom is 0.435 e. The predicted octanol–water partition coefficient (Wildman–Crippen LogP) is 3.15. The molecule has 0 saturated carbocycles. The Morgan fingerprint density at radius 1 is 1.14 bits per heavy atom. The molecule has 120 valence electrons. The molecular formula is C14H13F5N2O. The number of aliphatic hydroxyl groups is 1. The van der Waals surface area contributed by atoms with Crippen molar-refractivity contribution in [1.82, 2.24) is 9.78 Å². The number of nitrogens with zero attached hydrogens (tertiary/aromatic N) is 2. The maximum atomic E-state index is 13.5. The van der Waals surface area contributed by atoms with Crippen LogP contribution < -0.4 is 0 Å². The maximum absolute atomic E-state index is 13.5. The van der Waals surface area contributed by atoms with Crippen molar-refractivity contribution < 1.29 is 27.1 Å². The molecule has 8 heteroatoms. The van der Waals surface area contributed by atoms with Crippen LogP contribution in [0.2, 0.25) is 0 Å². The van der Waals surface area contributed by atoms with E-state index in [1.54, 1.807) is 0 Å². The number of halogens is 5. The molecule has 1 aromatic heterocycles. The first kappa shape index (κ1) is 16.4. The minimum absolute atomic E-state index is 0.00300. The Balaban J connectivity index is 2.31. The molecule has 2 aromatic rings. The van der Waals surface area contributed by atoms with E-state index >= 15 is 0 Å². The summed E-state index contributed by atoms with van der Waals surface area (Å²) in [5.74, 6) is -1.40. The van der Waals surface area contributed by atoms with Crippen molar-refractivity contribution in [2.45, 2.75) is 25.6 Å². The minimum Gasteiger partial charge on any atom is -0.396 e. The van der Waals surface area contributed by atoms with Crippen LogP contribution in [0.4, 0.5) is 22.0 Å². The minimum atomic E-state index is -4.64. The molecule has 0 atom stereocenters. The summed E-state index contributed by atoms with van der Waals surface area (Å²) in [5, 5.41) is 12.2. The second kappa shape index (κ2) is 6.43. The molecule has 1 N–H and O–H groups in total. The largest absolute Gasteiger partial charge is 0.435 e. The van der Waals surface area contributed by atoms with Crippen LogP contribution in [-0.2, 0) is 19.1 Å². The third-order valence-electron chi connectivity index (χ3n) is 3.05. The van der Waals surface area contributed by atoms with Gasteiger partial charge < -0.3 is 5.11 Å². The van der Waals surface area contributed by atoms with Gasteiger partial charge in [-0.25, -0.2) is 8.78 Å². The van der Waals surface area contributed by atoms with E-state index in [0.717, 1.165) is 29.1 Å². The smallest absolute Gasteiger partial charge is 0.396 e. The normalized spacial score (nSPS) is 11.9. The van der Waals surface area contributed by atoms with Crippen LogP contribution in [0.3, 0.4) is 0 Å². The fraction of sp³-hybridized carbons (Fsp3) is 0.357. The summed E-state index contributed by atoms with van der Waals surface area (Å²) in [4.78, 5) is 0. The number of alkyl halides is 3. The molecule has 1 aromatic carbocycles. The van der Waals surface area contributed by atoms with Crippen molar-refractivity contribution >= 4 is 0 Å². The van der Waals surface area contributed by atoms with E-state index in [4.69, 9.17) is 5.11 Å². The molecule has 0 saturated heterocycles. The molecule has 0 unspecified atom stereocenters. The van der Waals surface area contributed by atoms with Gasteiger partial charge in [-0.15, -0.1) is 0 Å². The van der Waals surface area contributed by atoms with E-state index in [2.05, 4.69) is 5.10 Å². The lowest BCUT2D eigenvalue weighted by Gasteiger charge is -2.05. The van der Waals surface area contributed by atoms with E-state index in [1.807, 2.05) is 0 Å². The van der Waals surface area contributed by atoms with Crippen molar-refractivity contribution in [2.75, 3.05) is 6.61 Å². The van der Waals surface area contributed by atoms with E-state index in [0.29, 0.717) is 0 Å². The summed E-state index contributed by atoms with van der Waals surface area (Å²) >= 11 is 0. The van der Waals surface area contributed by atoms with Gasteiger partial charge in [0.2, 0.25) is 0 Å². The summed E-state index contributed by atoms with van der Waals surface area (Å²) in [7, 11) is 0. The van der Waals surface area contributed by atoms with Gasteiger partial charge in [0.1, 0.15) is 11.6 Å². The van der Waals surface area contributed by atoms with Gasteiger partial charge in [-0.2, -0.15) is 18.3 Å². The second-order valence-corrected chi connectivity index (χ2v) is 4.76. The van der Waals surface area contributed by atoms with Crippen LogP contribution in [0.1, 0.15) is 23.2 Å². The number of hydrogen-bond acceptors (Lipinski definition) is 2. The molecular weight excluding hydrogens is 307 g/mol. The number of hydrogen-bond donors (Lipinski definition) is 1. The van der Waals surface area contributed by atoms with Crippen molar-refractivity contribution in [3.8, 4) is 0 Å². The summed E-state index contributed by atoms with van der Waals surface area (Å²) in [5.41, 5.74) is -1.25. The molecule has 0 amide bonds. The van der Waals surface area contributed by atoms with Crippen LogP contribution in [0.15, 0.2) is 24.4 Å². The average molecular weight is 320 g/mol. The van der Waals surface area contributed by atoms with Crippen LogP contribution in [0.25, 0.3) is 0 Å². The van der Waals surface area contributed by atoms with Crippen LogP contribution in [0, 0.1) is 11.6 Å². The predicted molar refractivity (Wildman–Crippen MR) is 68.1 cm³/mol. The Labute approximate surface area is 123 Å². The van der Waals surface area contributed by atoms with Crippen molar-refractivity contribution in [3.05, 3.63) is 52.9 Å². The Hall–Kier alpha value is -1.96. The molecule has 0 radical (unpaired) electrons. The zero-order valence-corrected chi connectivity index (χ0v) is 11.4. The number of aryl methyl sites for hydroxylation is 1. The van der Waals surface area contributed by atoms with Gasteiger partial charge in [0.05, 0.1) is 6.54 Å². The number of rotatable bonds is 5. The SMILES string of the molecule is OCCCc1cn(Cc2cc(F)ccc2F)nc1C(F)(F)F. The summed E-state index contributed by atoms with van der Waals surface area (Å²) in [6.45, 7) is -0.563. The van der Waals surface area contributed by atoms with Crippen LogP contribution >= 0.6 is 0 Å². The second-order valence-electron chi connectivity index (χ2n) is 4.76. The summed E-state index contributed by atoms with van der Waals surface area (Å²) in [6.07, 6.45) is -3.35. The molecule has 0 spiro atoms. The van der Waals surface area contributed by atoms with Gasteiger partial charge in [0.25, 0.3) is 0 Å². The van der Waals surface area contributed by atoms with Gasteiger partial charge in [-0.1, -0.05) is 0 Å². The molecule has 1 heterocycles. The van der Waals surface area contributed by atoms with E-state index in [9.17, 15) is 22.0 Å². The molecule has 2 rings (SSSR count). The first-order valence-corrected chi connectivity index (χ1v) is 6.49. The highest BCUT2D eigenvalue weighted by Gasteiger charge is 2.36. The van der Waals surface area contributed by atoms with Crippen molar-refractivity contribution in [1.29, 1.82) is 0 Å². The van der Waals surface area contributed by atoms with Crippen LogP contribution in [0.5, 0.6) is 0 Å². The van der Waals surface area contributed by atoms with Gasteiger partial charge >= 0.3 is 6.18 Å². The van der Waals surface area contributed by atoms with Gasteiger partial charge in [0, 0.05) is 23.9 Å². The summed E-state index contributed by atoms with van der Waals surface area (Å²) in [6, 6.07) is 2.75. The number of benzene rings is 1. The highest BCUT2D eigenvalue weighted by Crippen LogP contribution is 2.31. The third kappa shape index (κ3) is 3.82. The lowest BCUT2D eigenvalue weighted by molar-refractivity contribution is -0.142. The van der Waals surface area contributed by atoms with E-state index < -0.39 is 23.5 Å². The Morgan fingerprint density at radius 2 is 1.86 bits per heavy atom. The van der Waals surface area contributed by atoms with E-state index in [1.165, 1.54) is 0 Å². The first-order valence-electron chi connectivity index (χ1n) is 6.49. The molecule has 3 nitrogen and oxygen atoms in total. The molecule has 0 fully saturated rings. The zero-order valence-electron chi connectivity index (χ0n) is 11.4. The fourth-order valence-corrected chi connectivity index (χ4v) is 2.07. The van der Waals surface area contributed by atoms with Crippen molar-refractivity contribution in [2.24, 2.45) is 0 Å². The van der Waals surface area contributed by atoms with Crippen LogP contribution in [-0.4, -0.2) is 21.5 Å². The topological polar surface area (TPSA) is 38.0 Å². The molecule has 0 aliphatic carbocycles. The Bertz CT molecular complexity index is 651. The van der Waals surface area contributed by atoms with Gasteiger partial charge in [0.15, 0.2) is 5.69 Å². The molecule has 22 heavy (non-hydrogen) atoms. The standard InChI is InChI=1S/C14H13F5N2O/c15-11-3-4-12(16)10(6-11)8-21-7-9(2-1-5-22)13(20-21)14(17,18)19/h3-4,6-7,22H,1-2,5,8H2. The molecule has 0 bridgehead atoms. The monoisotopic (exact) mass is 320 g/mol. The summed E-state index contributed by atoms with van der Waals surface area (Å²) < 4.78 is 66.2. The number of aromatic nitrogens is 2. The van der Waals surface area contributed by atoms with Gasteiger partial charge in [-0.05, 0) is 31.0 Å². The fourth-order valence-electron chi connectivity index (χ4n) is 2.07. The van der Waals surface area contributed by atoms with Crippen molar-refractivity contribution in [3.63, 3.8) is 0 Å². The van der Waals surface area contributed by atoms with E-state index in [-0.39, 0.29) is 37.1 Å². The van der Waals surface area contributed by atoms with Gasteiger partial charge in [-0.3, -0.25) is 4.68 Å². The quantitative estimate of drug-likeness (QED) is 0.860. The molecule has 0 aliphatic heterocycles. The Morgan fingerprint density at radius 3 is 2.50 bits per heavy atom. The lowest BCUT2D eigenvalue weighted by Crippen LogP contribution is -2.11. The molecule has 0 aliphatic rings. The lowest BCUT2D eigenvalue weighted by atomic mass is 10.1. The Kier molecular flexibility index (Phi) is 4.80.